The fraction of sp³-hybridized carbons (Fsp3) is 0.385. The van der Waals surface area contributed by atoms with Crippen molar-refractivity contribution in [3.63, 3.8) is 0 Å². The lowest BCUT2D eigenvalue weighted by molar-refractivity contribution is 0.195. The maximum atomic E-state index is 9.47. The minimum absolute atomic E-state index is 0.116. The Kier molecular flexibility index (Phi) is 6.17. The van der Waals surface area contributed by atoms with E-state index in [4.69, 9.17) is 32.4 Å². The third-order valence-electron chi connectivity index (χ3n) is 2.56. The van der Waals surface area contributed by atoms with Gasteiger partial charge in [0.25, 0.3) is 11.1 Å². The second-order valence-electron chi connectivity index (χ2n) is 4.20. The molecular formula is C13H14Cl2N2O3S. The zero-order valence-electron chi connectivity index (χ0n) is 11.3. The number of hydrogen-bond donors (Lipinski definition) is 1. The number of rotatable bonds is 7. The Morgan fingerprint density at radius 1 is 1.38 bits per heavy atom. The topological polar surface area (TPSA) is 68.4 Å². The van der Waals surface area contributed by atoms with E-state index in [0.717, 1.165) is 0 Å². The molecule has 1 heterocycles. The molecule has 0 aliphatic carbocycles. The first-order valence-electron chi connectivity index (χ1n) is 6.29. The van der Waals surface area contributed by atoms with Crippen LogP contribution in [0.3, 0.4) is 0 Å². The largest absolute Gasteiger partial charge is 0.482 e. The molecule has 0 spiro atoms. The van der Waals surface area contributed by atoms with E-state index in [2.05, 4.69) is 10.2 Å². The van der Waals surface area contributed by atoms with E-state index in [0.29, 0.717) is 39.1 Å². The lowest BCUT2D eigenvalue weighted by Crippen LogP contribution is -2.07. The van der Waals surface area contributed by atoms with E-state index in [1.165, 1.54) is 11.8 Å². The van der Waals surface area contributed by atoms with Gasteiger partial charge in [-0.1, -0.05) is 41.9 Å². The molecule has 0 bridgehead atoms. The molecule has 8 heteroatoms. The molecule has 1 atom stereocenters. The molecule has 5 nitrogen and oxygen atoms in total. The zero-order valence-corrected chi connectivity index (χ0v) is 13.6. The normalized spacial score (nSPS) is 12.4. The number of aliphatic hydroxyl groups excluding tert-OH is 1. The van der Waals surface area contributed by atoms with Crippen LogP contribution in [-0.4, -0.2) is 27.2 Å². The van der Waals surface area contributed by atoms with Gasteiger partial charge in [-0.15, -0.1) is 10.2 Å². The van der Waals surface area contributed by atoms with E-state index in [9.17, 15) is 5.11 Å². The SMILES string of the molecule is CC[C@H](O)CSc1nnc(COc2ccc(Cl)cc2Cl)o1. The summed E-state index contributed by atoms with van der Waals surface area (Å²) in [7, 11) is 0. The highest BCUT2D eigenvalue weighted by atomic mass is 35.5. The van der Waals surface area contributed by atoms with Crippen molar-refractivity contribution in [2.45, 2.75) is 31.3 Å². The molecule has 0 aliphatic heterocycles. The minimum Gasteiger partial charge on any atom is -0.482 e. The Bertz CT molecular complexity index is 595. The van der Waals surface area contributed by atoms with Crippen molar-refractivity contribution in [3.05, 3.63) is 34.1 Å². The monoisotopic (exact) mass is 348 g/mol. The molecular weight excluding hydrogens is 335 g/mol. The fourth-order valence-electron chi connectivity index (χ4n) is 1.37. The smallest absolute Gasteiger partial charge is 0.276 e. The summed E-state index contributed by atoms with van der Waals surface area (Å²) in [6.07, 6.45) is 0.307. The maximum Gasteiger partial charge on any atom is 0.276 e. The van der Waals surface area contributed by atoms with Crippen molar-refractivity contribution in [3.8, 4) is 5.75 Å². The highest BCUT2D eigenvalue weighted by Gasteiger charge is 2.11. The van der Waals surface area contributed by atoms with Crippen molar-refractivity contribution >= 4 is 35.0 Å². The molecule has 0 aliphatic rings. The first kappa shape index (κ1) is 16.4. The zero-order chi connectivity index (χ0) is 15.2. The summed E-state index contributed by atoms with van der Waals surface area (Å²) in [5.41, 5.74) is 0. The van der Waals surface area contributed by atoms with Gasteiger partial charge in [-0.3, -0.25) is 0 Å². The van der Waals surface area contributed by atoms with Crippen molar-refractivity contribution in [2.75, 3.05) is 5.75 Å². The molecule has 1 aromatic heterocycles. The van der Waals surface area contributed by atoms with Crippen LogP contribution in [0.5, 0.6) is 5.75 Å². The second kappa shape index (κ2) is 7.89. The Hall–Kier alpha value is -0.950. The van der Waals surface area contributed by atoms with E-state index < -0.39 is 0 Å². The van der Waals surface area contributed by atoms with Gasteiger partial charge in [-0.2, -0.15) is 0 Å². The number of nitrogens with zero attached hydrogens (tertiary/aromatic N) is 2. The van der Waals surface area contributed by atoms with Gasteiger partial charge in [0, 0.05) is 10.8 Å². The first-order valence-corrected chi connectivity index (χ1v) is 8.03. The lowest BCUT2D eigenvalue weighted by atomic mass is 10.3. The first-order chi connectivity index (χ1) is 10.1. The van der Waals surface area contributed by atoms with Crippen LogP contribution < -0.4 is 4.74 Å². The van der Waals surface area contributed by atoms with Crippen molar-refractivity contribution in [1.29, 1.82) is 0 Å². The van der Waals surface area contributed by atoms with Crippen molar-refractivity contribution < 1.29 is 14.3 Å². The van der Waals surface area contributed by atoms with Gasteiger partial charge in [0.05, 0.1) is 11.1 Å². The number of halogens is 2. The predicted octanol–water partition coefficient (Wildman–Crippen LogP) is 3.82. The Balaban J connectivity index is 1.87. The van der Waals surface area contributed by atoms with Crippen molar-refractivity contribution in [2.24, 2.45) is 0 Å². The number of benzene rings is 1. The van der Waals surface area contributed by atoms with Crippen LogP contribution in [0, 0.1) is 0 Å². The van der Waals surface area contributed by atoms with Crippen LogP contribution in [0.15, 0.2) is 27.8 Å². The molecule has 0 fully saturated rings. The standard InChI is InChI=1S/C13H14Cl2N2O3S/c1-2-9(18)7-21-13-17-16-12(20-13)6-19-11-4-3-8(14)5-10(11)15/h3-5,9,18H,2,6-7H2,1H3/t9-/m0/s1. The summed E-state index contributed by atoms with van der Waals surface area (Å²) in [6.45, 7) is 2.03. The number of ether oxygens (including phenoxy) is 1. The quantitative estimate of drug-likeness (QED) is 0.767. The second-order valence-corrected chi connectivity index (χ2v) is 6.01. The summed E-state index contributed by atoms with van der Waals surface area (Å²) in [6, 6.07) is 4.96. The molecule has 0 amide bonds. The molecule has 2 aromatic rings. The van der Waals surface area contributed by atoms with E-state index in [1.54, 1.807) is 18.2 Å². The summed E-state index contributed by atoms with van der Waals surface area (Å²) >= 11 is 13.1. The Morgan fingerprint density at radius 3 is 2.90 bits per heavy atom. The highest BCUT2D eigenvalue weighted by Crippen LogP contribution is 2.28. The van der Waals surface area contributed by atoms with Gasteiger partial charge in [0.1, 0.15) is 5.75 Å². The number of thioether (sulfide) groups is 1. The highest BCUT2D eigenvalue weighted by molar-refractivity contribution is 7.99. The van der Waals surface area contributed by atoms with Crippen LogP contribution in [0.2, 0.25) is 10.0 Å². The van der Waals surface area contributed by atoms with E-state index >= 15 is 0 Å². The van der Waals surface area contributed by atoms with Gasteiger partial charge in [-0.05, 0) is 24.6 Å². The van der Waals surface area contributed by atoms with Crippen LogP contribution in [0.1, 0.15) is 19.2 Å². The molecule has 2 rings (SSSR count). The van der Waals surface area contributed by atoms with Crippen LogP contribution in [0.4, 0.5) is 0 Å². The molecule has 1 aromatic carbocycles. The van der Waals surface area contributed by atoms with Crippen LogP contribution in [-0.2, 0) is 6.61 Å². The van der Waals surface area contributed by atoms with Crippen LogP contribution in [0.25, 0.3) is 0 Å². The predicted molar refractivity (Wildman–Crippen MR) is 82.1 cm³/mol. The molecule has 21 heavy (non-hydrogen) atoms. The third-order valence-corrected chi connectivity index (χ3v) is 4.06. The van der Waals surface area contributed by atoms with E-state index in [-0.39, 0.29) is 12.7 Å². The molecule has 0 saturated heterocycles. The minimum atomic E-state index is -0.380. The lowest BCUT2D eigenvalue weighted by Gasteiger charge is -2.05. The summed E-state index contributed by atoms with van der Waals surface area (Å²) in [4.78, 5) is 0. The van der Waals surface area contributed by atoms with Gasteiger partial charge in [0.2, 0.25) is 0 Å². The third kappa shape index (κ3) is 5.07. The van der Waals surface area contributed by atoms with E-state index in [1.807, 2.05) is 6.92 Å². The molecule has 0 unspecified atom stereocenters. The van der Waals surface area contributed by atoms with Gasteiger partial charge < -0.3 is 14.3 Å². The van der Waals surface area contributed by atoms with Crippen LogP contribution >= 0.6 is 35.0 Å². The summed E-state index contributed by atoms with van der Waals surface area (Å²) in [5, 5.41) is 18.6. The average Bonchev–Trinajstić information content (AvgIpc) is 2.92. The van der Waals surface area contributed by atoms with Gasteiger partial charge in [-0.25, -0.2) is 0 Å². The summed E-state index contributed by atoms with van der Waals surface area (Å²) < 4.78 is 10.9. The molecule has 114 valence electrons. The molecule has 1 N–H and O–H groups in total. The van der Waals surface area contributed by atoms with Gasteiger partial charge in [0.15, 0.2) is 6.61 Å². The Labute approximate surface area is 136 Å². The number of hydrogen-bond acceptors (Lipinski definition) is 6. The summed E-state index contributed by atoms with van der Waals surface area (Å²) in [5.74, 6) is 1.35. The fourth-order valence-corrected chi connectivity index (χ4v) is 2.66. The average molecular weight is 349 g/mol. The van der Waals surface area contributed by atoms with Gasteiger partial charge >= 0.3 is 0 Å². The van der Waals surface area contributed by atoms with Crippen molar-refractivity contribution in [1.82, 2.24) is 10.2 Å². The maximum absolute atomic E-state index is 9.47. The number of aromatic nitrogens is 2. The number of aliphatic hydroxyl groups is 1. The Morgan fingerprint density at radius 2 is 2.19 bits per heavy atom. The molecule has 0 saturated carbocycles. The molecule has 0 radical (unpaired) electrons.